The van der Waals surface area contributed by atoms with Crippen molar-refractivity contribution in [2.24, 2.45) is 0 Å². The summed E-state index contributed by atoms with van der Waals surface area (Å²) in [6.45, 7) is 2.65. The van der Waals surface area contributed by atoms with E-state index in [4.69, 9.17) is 4.74 Å². The van der Waals surface area contributed by atoms with Crippen molar-refractivity contribution in [3.63, 3.8) is 0 Å². The maximum absolute atomic E-state index is 11.8. The van der Waals surface area contributed by atoms with Gasteiger partial charge in [-0.15, -0.1) is 0 Å². The number of morpholine rings is 1. The second kappa shape index (κ2) is 6.52. The SMILES string of the molecule is O=C(CCCC1CNCCO1)c1ccccc1. The summed E-state index contributed by atoms with van der Waals surface area (Å²) in [5, 5.41) is 3.29. The van der Waals surface area contributed by atoms with Crippen molar-refractivity contribution < 1.29 is 9.53 Å². The Morgan fingerprint density at radius 3 is 2.88 bits per heavy atom. The van der Waals surface area contributed by atoms with Crippen LogP contribution in [0.1, 0.15) is 29.6 Å². The Labute approximate surface area is 102 Å². The molecule has 1 heterocycles. The van der Waals surface area contributed by atoms with E-state index in [2.05, 4.69) is 5.32 Å². The van der Waals surface area contributed by atoms with Gasteiger partial charge in [0.25, 0.3) is 0 Å². The third-order valence-corrected chi connectivity index (χ3v) is 3.03. The molecule has 1 aliphatic rings. The van der Waals surface area contributed by atoms with Gasteiger partial charge in [0.1, 0.15) is 0 Å². The lowest BCUT2D eigenvalue weighted by atomic mass is 10.0. The lowest BCUT2D eigenvalue weighted by Crippen LogP contribution is -2.38. The maximum atomic E-state index is 11.8. The molecule has 3 heteroatoms. The number of benzene rings is 1. The zero-order chi connectivity index (χ0) is 11.9. The number of ketones is 1. The number of hydrogen-bond acceptors (Lipinski definition) is 3. The first-order chi connectivity index (χ1) is 8.36. The number of carbonyl (C=O) groups is 1. The van der Waals surface area contributed by atoms with Crippen LogP contribution in [0, 0.1) is 0 Å². The Morgan fingerprint density at radius 2 is 2.18 bits per heavy atom. The van der Waals surface area contributed by atoms with Gasteiger partial charge in [-0.3, -0.25) is 4.79 Å². The van der Waals surface area contributed by atoms with Gasteiger partial charge in [-0.2, -0.15) is 0 Å². The van der Waals surface area contributed by atoms with E-state index in [0.717, 1.165) is 38.1 Å². The molecule has 0 aliphatic carbocycles. The normalized spacial score (nSPS) is 20.1. The summed E-state index contributed by atoms with van der Waals surface area (Å²) in [7, 11) is 0. The predicted octanol–water partition coefficient (Wildman–Crippen LogP) is 2.03. The highest BCUT2D eigenvalue weighted by Gasteiger charge is 2.13. The number of ether oxygens (including phenoxy) is 1. The molecule has 92 valence electrons. The highest BCUT2D eigenvalue weighted by atomic mass is 16.5. The highest BCUT2D eigenvalue weighted by Crippen LogP contribution is 2.10. The van der Waals surface area contributed by atoms with Crippen molar-refractivity contribution in [2.45, 2.75) is 25.4 Å². The maximum Gasteiger partial charge on any atom is 0.162 e. The Balaban J connectivity index is 1.69. The molecule has 1 unspecified atom stereocenters. The van der Waals surface area contributed by atoms with Crippen LogP contribution in [0.2, 0.25) is 0 Å². The van der Waals surface area contributed by atoms with E-state index in [-0.39, 0.29) is 11.9 Å². The average Bonchev–Trinajstić information content (AvgIpc) is 2.41. The van der Waals surface area contributed by atoms with Crippen LogP contribution in [-0.4, -0.2) is 31.6 Å². The molecule has 1 aliphatic heterocycles. The van der Waals surface area contributed by atoms with E-state index < -0.39 is 0 Å². The average molecular weight is 233 g/mol. The summed E-state index contributed by atoms with van der Waals surface area (Å²) >= 11 is 0. The van der Waals surface area contributed by atoms with Crippen molar-refractivity contribution in [1.82, 2.24) is 5.32 Å². The predicted molar refractivity (Wildman–Crippen MR) is 67.2 cm³/mol. The number of nitrogens with one attached hydrogen (secondary N) is 1. The van der Waals surface area contributed by atoms with E-state index in [9.17, 15) is 4.79 Å². The van der Waals surface area contributed by atoms with Gasteiger partial charge in [-0.05, 0) is 12.8 Å². The van der Waals surface area contributed by atoms with E-state index in [1.807, 2.05) is 30.3 Å². The van der Waals surface area contributed by atoms with Crippen molar-refractivity contribution in [3.8, 4) is 0 Å². The summed E-state index contributed by atoms with van der Waals surface area (Å²) < 4.78 is 5.59. The number of rotatable bonds is 5. The van der Waals surface area contributed by atoms with Crippen LogP contribution in [0.3, 0.4) is 0 Å². The second-order valence-electron chi connectivity index (χ2n) is 4.38. The molecule has 0 bridgehead atoms. The van der Waals surface area contributed by atoms with Crippen LogP contribution < -0.4 is 5.32 Å². The molecule has 1 aromatic rings. The van der Waals surface area contributed by atoms with Crippen LogP contribution in [0.25, 0.3) is 0 Å². The van der Waals surface area contributed by atoms with Gasteiger partial charge in [0.05, 0.1) is 12.7 Å². The lowest BCUT2D eigenvalue weighted by molar-refractivity contribution is 0.0222. The summed E-state index contributed by atoms with van der Waals surface area (Å²) in [6.07, 6.45) is 2.77. The van der Waals surface area contributed by atoms with Crippen LogP contribution in [0.15, 0.2) is 30.3 Å². The van der Waals surface area contributed by atoms with Gasteiger partial charge >= 0.3 is 0 Å². The molecule has 3 nitrogen and oxygen atoms in total. The fraction of sp³-hybridized carbons (Fsp3) is 0.500. The van der Waals surface area contributed by atoms with Crippen LogP contribution in [0.5, 0.6) is 0 Å². The first-order valence-corrected chi connectivity index (χ1v) is 6.27. The highest BCUT2D eigenvalue weighted by molar-refractivity contribution is 5.95. The second-order valence-corrected chi connectivity index (χ2v) is 4.38. The van der Waals surface area contributed by atoms with Crippen molar-refractivity contribution in [1.29, 1.82) is 0 Å². The molecule has 1 aromatic carbocycles. The van der Waals surface area contributed by atoms with Gasteiger partial charge < -0.3 is 10.1 Å². The monoisotopic (exact) mass is 233 g/mol. The number of hydrogen-bond donors (Lipinski definition) is 1. The Hall–Kier alpha value is -1.19. The van der Waals surface area contributed by atoms with Gasteiger partial charge in [0, 0.05) is 25.1 Å². The molecule has 1 fully saturated rings. The summed E-state index contributed by atoms with van der Waals surface area (Å²) in [5.41, 5.74) is 0.815. The lowest BCUT2D eigenvalue weighted by Gasteiger charge is -2.23. The van der Waals surface area contributed by atoms with Gasteiger partial charge in [-0.25, -0.2) is 0 Å². The molecular weight excluding hydrogens is 214 g/mol. The van der Waals surface area contributed by atoms with Crippen molar-refractivity contribution in [3.05, 3.63) is 35.9 Å². The molecule has 0 radical (unpaired) electrons. The van der Waals surface area contributed by atoms with Crippen LogP contribution in [-0.2, 0) is 4.74 Å². The Morgan fingerprint density at radius 1 is 1.35 bits per heavy atom. The smallest absolute Gasteiger partial charge is 0.162 e. The molecule has 1 saturated heterocycles. The van der Waals surface area contributed by atoms with Gasteiger partial charge in [-0.1, -0.05) is 30.3 Å². The molecule has 0 spiro atoms. The van der Waals surface area contributed by atoms with E-state index >= 15 is 0 Å². The molecule has 0 saturated carbocycles. The minimum absolute atomic E-state index is 0.231. The largest absolute Gasteiger partial charge is 0.376 e. The number of carbonyl (C=O) groups excluding carboxylic acids is 1. The third kappa shape index (κ3) is 3.95. The topological polar surface area (TPSA) is 38.3 Å². The Kier molecular flexibility index (Phi) is 4.71. The van der Waals surface area contributed by atoms with Crippen LogP contribution in [0.4, 0.5) is 0 Å². The molecule has 1 atom stereocenters. The molecule has 2 rings (SSSR count). The zero-order valence-electron chi connectivity index (χ0n) is 10.0. The van der Waals surface area contributed by atoms with Crippen molar-refractivity contribution >= 4 is 5.78 Å². The summed E-state index contributed by atoms with van der Waals surface area (Å²) in [4.78, 5) is 11.8. The van der Waals surface area contributed by atoms with Gasteiger partial charge in [0.15, 0.2) is 5.78 Å². The molecule has 0 amide bonds. The molecule has 1 N–H and O–H groups in total. The number of Topliss-reactive ketones (excluding diaryl/α,β-unsaturated/α-hetero) is 1. The molecule has 17 heavy (non-hydrogen) atoms. The fourth-order valence-corrected chi connectivity index (χ4v) is 2.06. The summed E-state index contributed by atoms with van der Waals surface area (Å²) in [6, 6.07) is 9.49. The van der Waals surface area contributed by atoms with Crippen molar-refractivity contribution in [2.75, 3.05) is 19.7 Å². The first-order valence-electron chi connectivity index (χ1n) is 6.27. The van der Waals surface area contributed by atoms with Crippen LogP contribution >= 0.6 is 0 Å². The minimum atomic E-state index is 0.231. The van der Waals surface area contributed by atoms with E-state index in [1.165, 1.54) is 0 Å². The standard InChI is InChI=1S/C14H19NO2/c16-14(12-5-2-1-3-6-12)8-4-7-13-11-15-9-10-17-13/h1-3,5-6,13,15H,4,7-11H2. The summed E-state index contributed by atoms with van der Waals surface area (Å²) in [5.74, 6) is 0.231. The minimum Gasteiger partial charge on any atom is -0.376 e. The quantitative estimate of drug-likeness (QED) is 0.791. The Bertz CT molecular complexity index is 344. The van der Waals surface area contributed by atoms with E-state index in [1.54, 1.807) is 0 Å². The molecular formula is C14H19NO2. The first kappa shape index (κ1) is 12.3. The fourth-order valence-electron chi connectivity index (χ4n) is 2.06. The molecule has 0 aromatic heterocycles. The zero-order valence-corrected chi connectivity index (χ0v) is 10.0. The third-order valence-electron chi connectivity index (χ3n) is 3.03. The van der Waals surface area contributed by atoms with Gasteiger partial charge in [0.2, 0.25) is 0 Å². The van der Waals surface area contributed by atoms with E-state index in [0.29, 0.717) is 6.42 Å².